The molecule has 0 saturated carbocycles. The van der Waals surface area contributed by atoms with E-state index >= 15 is 9.59 Å². The Morgan fingerprint density at radius 3 is 1.06 bits per heavy atom. The fourth-order valence-corrected chi connectivity index (χ4v) is 9.79. The van der Waals surface area contributed by atoms with Crippen LogP contribution in [0.2, 0.25) is 0 Å². The van der Waals surface area contributed by atoms with Crippen LogP contribution in [0.3, 0.4) is 0 Å². The quantitative estimate of drug-likeness (QED) is 0.0959. The third-order valence-corrected chi connectivity index (χ3v) is 12.1. The molecular formula is C52H48O16. The Hall–Kier alpha value is -7.88. The van der Waals surface area contributed by atoms with Crippen molar-refractivity contribution in [1.29, 1.82) is 0 Å². The van der Waals surface area contributed by atoms with Crippen LogP contribution in [-0.2, 0) is 28.8 Å². The first-order chi connectivity index (χ1) is 32.1. The molecule has 0 spiro atoms. The first kappa shape index (κ1) is 48.1. The number of Topliss-reactive ketones (excluding diaryl/α,β-unsaturated/α-hetero) is 2. The van der Waals surface area contributed by atoms with Gasteiger partial charge in [-0.15, -0.1) is 0 Å². The van der Waals surface area contributed by atoms with Crippen molar-refractivity contribution < 1.29 is 77.0 Å². The number of aromatic hydroxyl groups is 2. The lowest BCUT2D eigenvalue weighted by Gasteiger charge is -2.40. The second kappa shape index (κ2) is 19.1. The second-order valence-electron chi connectivity index (χ2n) is 17.3. The maximum Gasteiger partial charge on any atom is 0.308 e. The number of fused-ring (bicyclic) bond motifs is 8. The van der Waals surface area contributed by atoms with Crippen molar-refractivity contribution in [3.8, 4) is 46.0 Å². The van der Waals surface area contributed by atoms with Crippen molar-refractivity contribution in [2.45, 2.75) is 91.9 Å². The highest BCUT2D eigenvalue weighted by Gasteiger charge is 2.47. The third-order valence-electron chi connectivity index (χ3n) is 12.1. The van der Waals surface area contributed by atoms with Crippen molar-refractivity contribution in [2.75, 3.05) is 0 Å². The highest BCUT2D eigenvalue weighted by molar-refractivity contribution is 6.05. The number of esters is 6. The van der Waals surface area contributed by atoms with E-state index < -0.39 is 94.4 Å². The van der Waals surface area contributed by atoms with Gasteiger partial charge in [0.25, 0.3) is 0 Å². The summed E-state index contributed by atoms with van der Waals surface area (Å²) in [6.07, 6.45) is 3.87. The molecule has 4 aromatic rings. The molecule has 0 aromatic heterocycles. The monoisotopic (exact) mass is 928 g/mol. The molecule has 7 rings (SSSR count). The van der Waals surface area contributed by atoms with Crippen LogP contribution >= 0.6 is 0 Å². The smallest absolute Gasteiger partial charge is 0.308 e. The van der Waals surface area contributed by atoms with Crippen LogP contribution in [-0.4, -0.2) is 57.6 Å². The molecule has 0 unspecified atom stereocenters. The number of ether oxygens (including phenoxy) is 6. The van der Waals surface area contributed by atoms with Crippen molar-refractivity contribution >= 4 is 47.4 Å². The Morgan fingerprint density at radius 2 is 0.750 bits per heavy atom. The van der Waals surface area contributed by atoms with Crippen LogP contribution < -0.4 is 28.4 Å². The number of carbonyl (C=O) groups is 8. The molecule has 0 amide bonds. The average molecular weight is 929 g/mol. The first-order valence-electron chi connectivity index (χ1n) is 21.6. The van der Waals surface area contributed by atoms with E-state index in [1.54, 1.807) is 38.1 Å². The lowest BCUT2D eigenvalue weighted by molar-refractivity contribution is -0.133. The van der Waals surface area contributed by atoms with Crippen molar-refractivity contribution in [1.82, 2.24) is 0 Å². The minimum Gasteiger partial charge on any atom is -0.507 e. The first-order valence-corrected chi connectivity index (χ1v) is 21.6. The minimum absolute atomic E-state index is 0.0313. The summed E-state index contributed by atoms with van der Waals surface area (Å²) in [7, 11) is 0. The zero-order valence-electron chi connectivity index (χ0n) is 38.4. The van der Waals surface area contributed by atoms with Gasteiger partial charge in [0, 0.05) is 112 Å². The van der Waals surface area contributed by atoms with Gasteiger partial charge in [-0.1, -0.05) is 35.4 Å². The molecule has 0 radical (unpaired) electrons. The van der Waals surface area contributed by atoms with E-state index in [0.717, 1.165) is 26.0 Å². The lowest BCUT2D eigenvalue weighted by Crippen LogP contribution is -2.34. The summed E-state index contributed by atoms with van der Waals surface area (Å²) in [5, 5.41) is 23.8. The SMILES string of the molecule is CC(=O)Oc1ccc([C@H]2CC(C)=C[C@H]3c4cc(c(O)cc4OC(C)=O)C(=O)[C@@H]4[C@@H](c5ccc(OC(C)=O)cc5OC(C)=O)CC(C)=C[C@H]4c4cc(c(O)cc4OC(C)=O)C(=O)[C@H]23)c(OC(C)=O)c1. The van der Waals surface area contributed by atoms with Gasteiger partial charge in [-0.2, -0.15) is 0 Å². The van der Waals surface area contributed by atoms with E-state index in [1.165, 1.54) is 64.1 Å². The zero-order chi connectivity index (χ0) is 49.5. The maximum atomic E-state index is 15.8. The number of carbonyl (C=O) groups excluding carboxylic acids is 8. The molecule has 4 aromatic carbocycles. The molecule has 0 fully saturated rings. The molecule has 0 heterocycles. The van der Waals surface area contributed by atoms with Gasteiger partial charge in [-0.3, -0.25) is 38.4 Å². The van der Waals surface area contributed by atoms with Gasteiger partial charge >= 0.3 is 35.8 Å². The third kappa shape index (κ3) is 9.94. The van der Waals surface area contributed by atoms with Crippen molar-refractivity contribution in [3.63, 3.8) is 0 Å². The summed E-state index contributed by atoms with van der Waals surface area (Å²) >= 11 is 0. The van der Waals surface area contributed by atoms with Gasteiger partial charge in [0.1, 0.15) is 46.0 Å². The fraction of sp³-hybridized carbons (Fsp3) is 0.308. The van der Waals surface area contributed by atoms with E-state index in [2.05, 4.69) is 0 Å². The molecule has 352 valence electrons. The summed E-state index contributed by atoms with van der Waals surface area (Å²) in [4.78, 5) is 106. The predicted molar refractivity (Wildman–Crippen MR) is 240 cm³/mol. The second-order valence-corrected chi connectivity index (χ2v) is 17.3. The van der Waals surface area contributed by atoms with E-state index in [-0.39, 0.29) is 69.6 Å². The summed E-state index contributed by atoms with van der Waals surface area (Å²) in [6.45, 7) is 10.6. The minimum atomic E-state index is -1.25. The number of hydrogen-bond donors (Lipinski definition) is 2. The number of ketones is 2. The van der Waals surface area contributed by atoms with Gasteiger partial charge in [0.2, 0.25) is 0 Å². The Morgan fingerprint density at radius 1 is 0.441 bits per heavy atom. The average Bonchev–Trinajstić information content (AvgIpc) is 3.21. The highest BCUT2D eigenvalue weighted by atomic mass is 16.6. The Kier molecular flexibility index (Phi) is 13.5. The molecule has 0 aliphatic heterocycles. The molecule has 6 atom stereocenters. The molecule has 3 aliphatic rings. The number of allylic oxidation sites excluding steroid dienone is 4. The fourth-order valence-electron chi connectivity index (χ4n) is 9.79. The van der Waals surface area contributed by atoms with E-state index in [0.29, 0.717) is 22.3 Å². The largest absolute Gasteiger partial charge is 0.507 e. The standard InChI is InChI=1S/C52H48O16/c1-23-13-37(33-11-9-31(63-25(3)53)17-45(33)65-27(5)55)49-39(15-23)35-19-41(43(59)21-47(35)67-29(7)57)52(62)50-38(34-12-10-32(64-26(4)54)18-46(34)66-28(6)56)14-24(2)16-40(50)36-20-42(51(49)61)44(60)22-48(36)68-30(8)58/h9-12,15-22,37-40,49-50,59-60H,13-14H2,1-8H3/t37-,38-,39+,40+,49-,50-/m1/s1. The highest BCUT2D eigenvalue weighted by Crippen LogP contribution is 2.56. The summed E-state index contributed by atoms with van der Waals surface area (Å²) in [6, 6.07) is 13.7. The number of phenolic OH excluding ortho intramolecular Hbond substituents is 2. The summed E-state index contributed by atoms with van der Waals surface area (Å²) < 4.78 is 33.4. The summed E-state index contributed by atoms with van der Waals surface area (Å²) in [5.74, 6) is -13.5. The van der Waals surface area contributed by atoms with Crippen molar-refractivity contribution in [3.05, 3.63) is 117 Å². The molecular weight excluding hydrogens is 881 g/mol. The van der Waals surface area contributed by atoms with Crippen LogP contribution in [0.25, 0.3) is 0 Å². The van der Waals surface area contributed by atoms with Crippen LogP contribution in [0.15, 0.2) is 84.0 Å². The van der Waals surface area contributed by atoms with Crippen molar-refractivity contribution in [2.24, 2.45) is 11.8 Å². The number of rotatable bonds is 8. The number of benzene rings is 4. The number of hydrogen-bond acceptors (Lipinski definition) is 16. The Labute approximate surface area is 390 Å². The van der Waals surface area contributed by atoms with Gasteiger partial charge in [-0.05, 0) is 62.1 Å². The maximum absolute atomic E-state index is 15.8. The van der Waals surface area contributed by atoms with E-state index in [9.17, 15) is 39.0 Å². The van der Waals surface area contributed by atoms with Gasteiger partial charge in [0.15, 0.2) is 11.6 Å². The van der Waals surface area contributed by atoms with Crippen LogP contribution in [0, 0.1) is 11.8 Å². The van der Waals surface area contributed by atoms with Crippen LogP contribution in [0.1, 0.15) is 135 Å². The molecule has 4 bridgehead atoms. The molecule has 0 saturated heterocycles. The molecule has 16 nitrogen and oxygen atoms in total. The Bertz CT molecular complexity index is 2710. The van der Waals surface area contributed by atoms with E-state index in [1.807, 2.05) is 0 Å². The predicted octanol–water partition coefficient (Wildman–Crippen LogP) is 8.40. The molecule has 2 N–H and O–H groups in total. The molecule has 3 aliphatic carbocycles. The number of phenols is 2. The Balaban J connectivity index is 1.57. The summed E-state index contributed by atoms with van der Waals surface area (Å²) in [5.41, 5.74) is 1.86. The van der Waals surface area contributed by atoms with Gasteiger partial charge < -0.3 is 38.6 Å². The normalized spacial score (nSPS) is 20.6. The molecule has 68 heavy (non-hydrogen) atoms. The topological polar surface area (TPSA) is 232 Å². The van der Waals surface area contributed by atoms with E-state index in [4.69, 9.17) is 28.4 Å². The van der Waals surface area contributed by atoms with Crippen LogP contribution in [0.4, 0.5) is 0 Å². The lowest BCUT2D eigenvalue weighted by atomic mass is 9.63. The molecule has 16 heteroatoms. The van der Waals surface area contributed by atoms with Gasteiger partial charge in [0.05, 0.1) is 11.1 Å². The van der Waals surface area contributed by atoms with Gasteiger partial charge in [-0.25, -0.2) is 0 Å². The van der Waals surface area contributed by atoms with Crippen LogP contribution in [0.5, 0.6) is 46.0 Å². The zero-order valence-corrected chi connectivity index (χ0v) is 38.4.